The van der Waals surface area contributed by atoms with Crippen LogP contribution < -0.4 is 4.90 Å². The van der Waals surface area contributed by atoms with Gasteiger partial charge in [-0.1, -0.05) is 24.3 Å². The zero-order valence-corrected chi connectivity index (χ0v) is 12.7. The monoisotopic (exact) mass is 282 g/mol. The number of aliphatic hydroxyl groups excluding tert-OH is 1. The van der Waals surface area contributed by atoms with E-state index in [0.29, 0.717) is 0 Å². The summed E-state index contributed by atoms with van der Waals surface area (Å²) in [5.41, 5.74) is 5.09. The first-order valence-corrected chi connectivity index (χ1v) is 7.48. The van der Waals surface area contributed by atoms with Gasteiger partial charge in [0.15, 0.2) is 0 Å². The van der Waals surface area contributed by atoms with Crippen LogP contribution in [0.15, 0.2) is 48.5 Å². The molecule has 1 atom stereocenters. The number of benzene rings is 2. The molecule has 0 saturated heterocycles. The maximum atomic E-state index is 9.77. The molecule has 2 aromatic rings. The van der Waals surface area contributed by atoms with E-state index in [2.05, 4.69) is 59.3 Å². The van der Waals surface area contributed by atoms with E-state index in [9.17, 15) is 5.11 Å². The molecule has 3 rings (SSSR count). The van der Waals surface area contributed by atoms with E-state index in [1.54, 1.807) is 0 Å². The number of para-hydroxylation sites is 1. The molecule has 0 spiro atoms. The van der Waals surface area contributed by atoms with Crippen LogP contribution in [0, 0.1) is 0 Å². The molecule has 0 saturated carbocycles. The normalized spacial score (nSPS) is 16.3. The molecule has 0 aliphatic carbocycles. The highest BCUT2D eigenvalue weighted by atomic mass is 16.3. The first-order chi connectivity index (χ1) is 10.1. The standard InChI is InChI=1S/C18H22N2O/c1-14(21)20-11-10-15-8-9-18(12-16(15)13-20)19(2)17-6-4-3-5-7-17/h3-9,12,14,21H,10-11,13H2,1-2H3. The van der Waals surface area contributed by atoms with Gasteiger partial charge in [0.05, 0.1) is 0 Å². The second kappa shape index (κ2) is 5.88. The van der Waals surface area contributed by atoms with Gasteiger partial charge in [0, 0.05) is 31.5 Å². The minimum Gasteiger partial charge on any atom is -0.379 e. The van der Waals surface area contributed by atoms with E-state index < -0.39 is 0 Å². The van der Waals surface area contributed by atoms with E-state index >= 15 is 0 Å². The van der Waals surface area contributed by atoms with Gasteiger partial charge in [0.2, 0.25) is 0 Å². The molecule has 1 unspecified atom stereocenters. The van der Waals surface area contributed by atoms with Crippen molar-refractivity contribution < 1.29 is 5.11 Å². The van der Waals surface area contributed by atoms with Crippen LogP contribution in [0.5, 0.6) is 0 Å². The fourth-order valence-electron chi connectivity index (χ4n) is 2.89. The highest BCUT2D eigenvalue weighted by Gasteiger charge is 2.19. The zero-order chi connectivity index (χ0) is 14.8. The molecule has 1 heterocycles. The Bertz CT molecular complexity index is 610. The summed E-state index contributed by atoms with van der Waals surface area (Å²) in [6, 6.07) is 17.0. The molecule has 1 aliphatic heterocycles. The molecule has 0 aromatic heterocycles. The summed E-state index contributed by atoms with van der Waals surface area (Å²) < 4.78 is 0. The van der Waals surface area contributed by atoms with Crippen molar-refractivity contribution in [2.24, 2.45) is 0 Å². The minimum atomic E-state index is -0.381. The van der Waals surface area contributed by atoms with E-state index in [1.807, 2.05) is 13.0 Å². The van der Waals surface area contributed by atoms with Crippen molar-refractivity contribution in [3.8, 4) is 0 Å². The Labute approximate surface area is 126 Å². The molecule has 3 heteroatoms. The summed E-state index contributed by atoms with van der Waals surface area (Å²) in [6.07, 6.45) is 0.629. The number of hydrogen-bond donors (Lipinski definition) is 1. The van der Waals surface area contributed by atoms with Gasteiger partial charge in [0.25, 0.3) is 0 Å². The van der Waals surface area contributed by atoms with E-state index in [-0.39, 0.29) is 6.23 Å². The maximum Gasteiger partial charge on any atom is 0.104 e. The third-order valence-electron chi connectivity index (χ3n) is 4.29. The summed E-state index contributed by atoms with van der Waals surface area (Å²) in [4.78, 5) is 4.30. The van der Waals surface area contributed by atoms with Crippen molar-refractivity contribution in [3.63, 3.8) is 0 Å². The van der Waals surface area contributed by atoms with Crippen molar-refractivity contribution in [1.29, 1.82) is 0 Å². The van der Waals surface area contributed by atoms with Gasteiger partial charge in [0.1, 0.15) is 6.23 Å². The molecule has 1 N–H and O–H groups in total. The van der Waals surface area contributed by atoms with Crippen molar-refractivity contribution >= 4 is 11.4 Å². The third kappa shape index (κ3) is 2.94. The van der Waals surface area contributed by atoms with Crippen LogP contribution in [-0.4, -0.2) is 29.8 Å². The molecule has 0 radical (unpaired) electrons. The van der Waals surface area contributed by atoms with E-state index in [1.165, 1.54) is 22.5 Å². The van der Waals surface area contributed by atoms with Crippen LogP contribution in [0.2, 0.25) is 0 Å². The van der Waals surface area contributed by atoms with Gasteiger partial charge in [-0.3, -0.25) is 4.90 Å². The molecule has 0 fully saturated rings. The lowest BCUT2D eigenvalue weighted by molar-refractivity contribution is 0.00919. The largest absolute Gasteiger partial charge is 0.379 e. The molecule has 3 nitrogen and oxygen atoms in total. The van der Waals surface area contributed by atoms with Crippen LogP contribution in [-0.2, 0) is 13.0 Å². The topological polar surface area (TPSA) is 26.7 Å². The number of anilines is 2. The van der Waals surface area contributed by atoms with Gasteiger partial charge in [-0.2, -0.15) is 0 Å². The first kappa shape index (κ1) is 14.1. The van der Waals surface area contributed by atoms with Gasteiger partial charge in [-0.15, -0.1) is 0 Å². The first-order valence-electron chi connectivity index (χ1n) is 7.48. The Hall–Kier alpha value is -1.84. The van der Waals surface area contributed by atoms with Gasteiger partial charge >= 0.3 is 0 Å². The van der Waals surface area contributed by atoms with Crippen molar-refractivity contribution in [1.82, 2.24) is 4.90 Å². The van der Waals surface area contributed by atoms with Crippen LogP contribution in [0.4, 0.5) is 11.4 Å². The Morgan fingerprint density at radius 1 is 1.05 bits per heavy atom. The van der Waals surface area contributed by atoms with Gasteiger partial charge in [-0.05, 0) is 48.7 Å². The predicted molar refractivity (Wildman–Crippen MR) is 86.7 cm³/mol. The summed E-state index contributed by atoms with van der Waals surface area (Å²) >= 11 is 0. The summed E-state index contributed by atoms with van der Waals surface area (Å²) in [5.74, 6) is 0. The van der Waals surface area contributed by atoms with Crippen LogP contribution in [0.1, 0.15) is 18.1 Å². The number of aliphatic hydroxyl groups is 1. The van der Waals surface area contributed by atoms with Crippen molar-refractivity contribution in [2.75, 3.05) is 18.5 Å². The summed E-state index contributed by atoms with van der Waals surface area (Å²) in [5, 5.41) is 9.77. The highest BCUT2D eigenvalue weighted by Crippen LogP contribution is 2.28. The predicted octanol–water partition coefficient (Wildman–Crippen LogP) is 3.15. The number of hydrogen-bond acceptors (Lipinski definition) is 3. The van der Waals surface area contributed by atoms with Crippen LogP contribution >= 0.6 is 0 Å². The molecule has 0 bridgehead atoms. The molecule has 1 aliphatic rings. The molecule has 21 heavy (non-hydrogen) atoms. The molecular formula is C18H22N2O. The van der Waals surface area contributed by atoms with Gasteiger partial charge < -0.3 is 10.0 Å². The molecule has 2 aromatic carbocycles. The number of nitrogens with zero attached hydrogens (tertiary/aromatic N) is 2. The lowest BCUT2D eigenvalue weighted by Gasteiger charge is -2.32. The zero-order valence-electron chi connectivity index (χ0n) is 12.7. The summed E-state index contributed by atoms with van der Waals surface area (Å²) in [7, 11) is 2.09. The van der Waals surface area contributed by atoms with E-state index in [0.717, 1.165) is 19.5 Å². The quantitative estimate of drug-likeness (QED) is 0.937. The average Bonchev–Trinajstić information content (AvgIpc) is 2.54. The van der Waals surface area contributed by atoms with Crippen LogP contribution in [0.3, 0.4) is 0 Å². The maximum absolute atomic E-state index is 9.77. The average molecular weight is 282 g/mol. The van der Waals surface area contributed by atoms with Crippen molar-refractivity contribution in [2.45, 2.75) is 26.1 Å². The molecule has 110 valence electrons. The number of rotatable bonds is 3. The highest BCUT2D eigenvalue weighted by molar-refractivity contribution is 5.63. The van der Waals surface area contributed by atoms with E-state index in [4.69, 9.17) is 0 Å². The molecular weight excluding hydrogens is 260 g/mol. The summed E-state index contributed by atoms with van der Waals surface area (Å²) in [6.45, 7) is 3.59. The Morgan fingerprint density at radius 2 is 1.81 bits per heavy atom. The third-order valence-corrected chi connectivity index (χ3v) is 4.29. The Kier molecular flexibility index (Phi) is 3.95. The van der Waals surface area contributed by atoms with Gasteiger partial charge in [-0.25, -0.2) is 0 Å². The van der Waals surface area contributed by atoms with Crippen molar-refractivity contribution in [3.05, 3.63) is 59.7 Å². The second-order valence-electron chi connectivity index (χ2n) is 5.70. The lowest BCUT2D eigenvalue weighted by Crippen LogP contribution is -2.37. The smallest absolute Gasteiger partial charge is 0.104 e. The Morgan fingerprint density at radius 3 is 2.52 bits per heavy atom. The molecule has 0 amide bonds. The minimum absolute atomic E-state index is 0.381. The second-order valence-corrected chi connectivity index (χ2v) is 5.70. The number of fused-ring (bicyclic) bond motifs is 1. The Balaban J connectivity index is 1.87. The fourth-order valence-corrected chi connectivity index (χ4v) is 2.89. The SMILES string of the molecule is CC(O)N1CCc2ccc(N(C)c3ccccc3)cc2C1. The lowest BCUT2D eigenvalue weighted by atomic mass is 9.98. The van der Waals surface area contributed by atoms with Crippen LogP contribution in [0.25, 0.3) is 0 Å². The fraction of sp³-hybridized carbons (Fsp3) is 0.333.